The zero-order valence-electron chi connectivity index (χ0n) is 30.9. The lowest BCUT2D eigenvalue weighted by molar-refractivity contribution is -0.161. The number of phosphoric acid groups is 1. The lowest BCUT2D eigenvalue weighted by Crippen LogP contribution is -2.29. The first-order valence-corrected chi connectivity index (χ1v) is 21.3. The second-order valence-corrected chi connectivity index (χ2v) is 14.8. The molecule has 0 aliphatic rings. The van der Waals surface area contributed by atoms with Crippen molar-refractivity contribution >= 4 is 19.8 Å². The summed E-state index contributed by atoms with van der Waals surface area (Å²) in [6.45, 7) is 5.38. The SMILES string of the molecule is [CH2-]CCCCCCCCCCCCCC(=O)O[C@H](COC(=O)CCCCCCCCCCCCCCCCC)COP(=O)(O)OCCN. The Kier molecular flexibility index (Phi) is 35.1. The van der Waals surface area contributed by atoms with Crippen molar-refractivity contribution in [3.63, 3.8) is 0 Å². The highest BCUT2D eigenvalue weighted by Gasteiger charge is 2.26. The van der Waals surface area contributed by atoms with Gasteiger partial charge in [-0.25, -0.2) is 4.57 Å². The maximum atomic E-state index is 12.5. The number of carbonyl (C=O) groups excluding carboxylic acids is 2. The van der Waals surface area contributed by atoms with Gasteiger partial charge in [0.25, 0.3) is 0 Å². The fraction of sp³-hybridized carbons (Fsp3) is 0.921. The highest BCUT2D eigenvalue weighted by molar-refractivity contribution is 7.47. The van der Waals surface area contributed by atoms with Crippen molar-refractivity contribution < 1.29 is 37.6 Å². The van der Waals surface area contributed by atoms with Crippen molar-refractivity contribution in [1.82, 2.24) is 0 Å². The van der Waals surface area contributed by atoms with E-state index in [1.165, 1.54) is 122 Å². The van der Waals surface area contributed by atoms with Gasteiger partial charge in [-0.05, 0) is 12.8 Å². The minimum absolute atomic E-state index is 0.0559. The number of phosphoric ester groups is 1. The van der Waals surface area contributed by atoms with Crippen LogP contribution in [0.15, 0.2) is 0 Å². The number of hydrogen-bond acceptors (Lipinski definition) is 8. The van der Waals surface area contributed by atoms with Crippen molar-refractivity contribution in [2.24, 2.45) is 5.73 Å². The Bertz CT molecular complexity index is 769. The van der Waals surface area contributed by atoms with Crippen molar-refractivity contribution in [2.75, 3.05) is 26.4 Å². The molecule has 1 unspecified atom stereocenters. The summed E-state index contributed by atoms with van der Waals surface area (Å²) in [4.78, 5) is 34.7. The summed E-state index contributed by atoms with van der Waals surface area (Å²) >= 11 is 0. The van der Waals surface area contributed by atoms with Crippen LogP contribution in [0.1, 0.15) is 193 Å². The molecule has 0 bridgehead atoms. The first-order chi connectivity index (χ1) is 23.3. The molecule has 0 saturated heterocycles. The van der Waals surface area contributed by atoms with Crippen LogP contribution < -0.4 is 5.73 Å². The summed E-state index contributed by atoms with van der Waals surface area (Å²) in [6, 6.07) is 0. The summed E-state index contributed by atoms with van der Waals surface area (Å²) in [7, 11) is -4.36. The summed E-state index contributed by atoms with van der Waals surface area (Å²) in [5, 5.41) is 0. The molecule has 0 rings (SSSR count). The van der Waals surface area contributed by atoms with Gasteiger partial charge in [-0.3, -0.25) is 18.6 Å². The first kappa shape index (κ1) is 47.0. The van der Waals surface area contributed by atoms with E-state index in [4.69, 9.17) is 24.3 Å². The molecule has 286 valence electrons. The van der Waals surface area contributed by atoms with E-state index >= 15 is 0 Å². The topological polar surface area (TPSA) is 134 Å². The third kappa shape index (κ3) is 34.9. The second kappa shape index (κ2) is 35.8. The predicted molar refractivity (Wildman–Crippen MR) is 197 cm³/mol. The number of rotatable bonds is 38. The number of ether oxygens (including phenoxy) is 2. The minimum atomic E-state index is -4.36. The molecular weight excluding hydrogens is 629 g/mol. The third-order valence-electron chi connectivity index (χ3n) is 8.64. The van der Waals surface area contributed by atoms with Gasteiger partial charge in [-0.1, -0.05) is 161 Å². The molecule has 10 heteroatoms. The van der Waals surface area contributed by atoms with E-state index in [1.807, 2.05) is 0 Å². The van der Waals surface area contributed by atoms with E-state index in [1.54, 1.807) is 0 Å². The highest BCUT2D eigenvalue weighted by Crippen LogP contribution is 2.43. The van der Waals surface area contributed by atoms with Gasteiger partial charge in [0.05, 0.1) is 13.2 Å². The van der Waals surface area contributed by atoms with E-state index in [0.29, 0.717) is 6.42 Å². The van der Waals surface area contributed by atoms with Gasteiger partial charge in [-0.2, -0.15) is 6.42 Å². The van der Waals surface area contributed by atoms with Crippen LogP contribution in [-0.4, -0.2) is 49.3 Å². The lowest BCUT2D eigenvalue weighted by atomic mass is 10.0. The molecule has 9 nitrogen and oxygen atoms in total. The average molecular weight is 705 g/mol. The lowest BCUT2D eigenvalue weighted by Gasteiger charge is -2.19. The molecule has 0 saturated carbocycles. The summed E-state index contributed by atoms with van der Waals surface area (Å²) < 4.78 is 32.7. The van der Waals surface area contributed by atoms with Gasteiger partial charge in [-0.15, -0.1) is 0 Å². The fourth-order valence-electron chi connectivity index (χ4n) is 5.68. The molecule has 0 aromatic rings. The van der Waals surface area contributed by atoms with Crippen LogP contribution in [0.2, 0.25) is 0 Å². The molecular formula is C38H75NO8P-. The van der Waals surface area contributed by atoms with Crippen molar-refractivity contribution in [2.45, 2.75) is 199 Å². The minimum Gasteiger partial charge on any atom is -0.462 e. The normalized spacial score (nSPS) is 13.3. The maximum Gasteiger partial charge on any atom is 0.472 e. The molecule has 0 aromatic heterocycles. The van der Waals surface area contributed by atoms with Crippen LogP contribution in [0.4, 0.5) is 0 Å². The molecule has 0 aliphatic carbocycles. The molecule has 0 fully saturated rings. The molecule has 48 heavy (non-hydrogen) atoms. The Morgan fingerprint density at radius 3 is 1.42 bits per heavy atom. The molecule has 2 atom stereocenters. The quantitative estimate of drug-likeness (QED) is 0.0278. The van der Waals surface area contributed by atoms with Crippen LogP contribution in [0.5, 0.6) is 0 Å². The molecule has 3 N–H and O–H groups in total. The van der Waals surface area contributed by atoms with Gasteiger partial charge in [0.15, 0.2) is 6.10 Å². The Balaban J connectivity index is 4.14. The maximum absolute atomic E-state index is 12.5. The van der Waals surface area contributed by atoms with Crippen LogP contribution in [-0.2, 0) is 32.7 Å². The molecule has 0 spiro atoms. The summed E-state index contributed by atoms with van der Waals surface area (Å²) in [6.07, 6.45) is 32.1. The first-order valence-electron chi connectivity index (χ1n) is 19.8. The van der Waals surface area contributed by atoms with Crippen LogP contribution >= 0.6 is 7.82 Å². The number of nitrogens with two attached hydrogens (primary N) is 1. The number of carbonyl (C=O) groups is 2. The zero-order chi connectivity index (χ0) is 35.4. The predicted octanol–water partition coefficient (Wildman–Crippen LogP) is 10.7. The number of unbranched alkanes of at least 4 members (excludes halogenated alkanes) is 25. The van der Waals surface area contributed by atoms with E-state index in [0.717, 1.165) is 44.9 Å². The number of esters is 2. The molecule has 0 radical (unpaired) electrons. The van der Waals surface area contributed by atoms with Crippen LogP contribution in [0.3, 0.4) is 0 Å². The van der Waals surface area contributed by atoms with Gasteiger partial charge < -0.3 is 27.0 Å². The van der Waals surface area contributed by atoms with E-state index < -0.39 is 26.5 Å². The molecule has 0 amide bonds. The van der Waals surface area contributed by atoms with E-state index in [9.17, 15) is 19.0 Å². The smallest absolute Gasteiger partial charge is 0.462 e. The highest BCUT2D eigenvalue weighted by atomic mass is 31.2. The van der Waals surface area contributed by atoms with Gasteiger partial charge in [0, 0.05) is 19.4 Å². The standard InChI is InChI=1S/C38H75NO8P/c1-3-5-7-9-11-13-15-17-18-19-21-22-24-26-28-30-37(40)44-34-36(35-46-48(42,43)45-33-32-39)47-38(41)31-29-27-25-23-20-16-14-12-10-8-6-4-2/h36H,2-35,39H2,1H3,(H,42,43)/q-1/t36-/m1/s1. The zero-order valence-corrected chi connectivity index (χ0v) is 31.8. The molecule has 0 aromatic carbocycles. The fourth-order valence-corrected chi connectivity index (χ4v) is 6.44. The molecule has 0 aliphatic heterocycles. The Morgan fingerprint density at radius 2 is 1.00 bits per heavy atom. The van der Waals surface area contributed by atoms with Gasteiger partial charge in [0.1, 0.15) is 6.61 Å². The Morgan fingerprint density at radius 1 is 0.604 bits per heavy atom. The second-order valence-electron chi connectivity index (χ2n) is 13.4. The van der Waals surface area contributed by atoms with Crippen molar-refractivity contribution in [1.29, 1.82) is 0 Å². The largest absolute Gasteiger partial charge is 0.472 e. The summed E-state index contributed by atoms with van der Waals surface area (Å²) in [5.41, 5.74) is 5.33. The van der Waals surface area contributed by atoms with Crippen LogP contribution in [0, 0.1) is 6.92 Å². The van der Waals surface area contributed by atoms with Crippen LogP contribution in [0.25, 0.3) is 0 Å². The third-order valence-corrected chi connectivity index (χ3v) is 9.62. The number of hydrogen-bond donors (Lipinski definition) is 2. The Labute approximate surface area is 295 Å². The van der Waals surface area contributed by atoms with Gasteiger partial charge >= 0.3 is 19.8 Å². The average Bonchev–Trinajstić information content (AvgIpc) is 3.07. The molecule has 0 heterocycles. The monoisotopic (exact) mass is 705 g/mol. The van der Waals surface area contributed by atoms with E-state index in [-0.39, 0.29) is 38.6 Å². The summed E-state index contributed by atoms with van der Waals surface area (Å²) in [5.74, 6) is -0.824. The van der Waals surface area contributed by atoms with Crippen molar-refractivity contribution in [3.05, 3.63) is 6.92 Å². The Hall–Kier alpha value is -0.990. The van der Waals surface area contributed by atoms with Gasteiger partial charge in [0.2, 0.25) is 0 Å². The van der Waals surface area contributed by atoms with E-state index in [2.05, 4.69) is 13.8 Å². The van der Waals surface area contributed by atoms with Crippen molar-refractivity contribution in [3.8, 4) is 0 Å².